The molecule has 1 atom stereocenters. The van der Waals surface area contributed by atoms with Crippen LogP contribution in [0.5, 0.6) is 0 Å². The van der Waals surface area contributed by atoms with Crippen molar-refractivity contribution in [3.05, 3.63) is 59.7 Å². The van der Waals surface area contributed by atoms with Crippen molar-refractivity contribution in [2.45, 2.75) is 16.7 Å². The second kappa shape index (κ2) is 3.18. The van der Waals surface area contributed by atoms with Gasteiger partial charge in [-0.25, -0.2) is 0 Å². The van der Waals surface area contributed by atoms with Crippen LogP contribution >= 0.6 is 11.8 Å². The largest absolute Gasteiger partial charge is 0.288 e. The van der Waals surface area contributed by atoms with Gasteiger partial charge in [-0.1, -0.05) is 42.1 Å². The minimum absolute atomic E-state index is 0.116. The predicted molar refractivity (Wildman–Crippen MR) is 72.9 cm³/mol. The summed E-state index contributed by atoms with van der Waals surface area (Å²) in [7, 11) is 0. The minimum atomic E-state index is -0.280. The third-order valence-corrected chi connectivity index (χ3v) is 5.07. The van der Waals surface area contributed by atoms with Gasteiger partial charge in [0.2, 0.25) is 0 Å². The van der Waals surface area contributed by atoms with Crippen LogP contribution < -0.4 is 4.90 Å². The molecule has 18 heavy (non-hydrogen) atoms. The molecule has 2 aromatic rings. The topological polar surface area (TPSA) is 20.3 Å². The van der Waals surface area contributed by atoms with Crippen molar-refractivity contribution < 1.29 is 4.79 Å². The fourth-order valence-electron chi connectivity index (χ4n) is 2.89. The van der Waals surface area contributed by atoms with Gasteiger partial charge in [0.1, 0.15) is 4.87 Å². The highest BCUT2D eigenvalue weighted by Crippen LogP contribution is 2.59. The molecule has 1 unspecified atom stereocenters. The van der Waals surface area contributed by atoms with Crippen molar-refractivity contribution in [2.24, 2.45) is 0 Å². The average molecular weight is 253 g/mol. The summed E-state index contributed by atoms with van der Waals surface area (Å²) in [5.41, 5.74) is 2.99. The summed E-state index contributed by atoms with van der Waals surface area (Å²) < 4.78 is 0. The highest BCUT2D eigenvalue weighted by molar-refractivity contribution is 8.01. The molecular weight excluding hydrogens is 242 g/mol. The van der Waals surface area contributed by atoms with Crippen LogP contribution in [0, 0.1) is 0 Å². The van der Waals surface area contributed by atoms with Gasteiger partial charge in [0, 0.05) is 16.0 Å². The average Bonchev–Trinajstić information content (AvgIpc) is 2.81. The number of nitrogens with zero attached hydrogens (tertiary/aromatic N) is 1. The Labute approximate surface area is 110 Å². The third kappa shape index (κ3) is 1.03. The van der Waals surface area contributed by atoms with E-state index < -0.39 is 0 Å². The fraction of sp³-hybridized carbons (Fsp3) is 0.133. The van der Waals surface area contributed by atoms with Crippen molar-refractivity contribution in [3.63, 3.8) is 0 Å². The Balaban J connectivity index is 2.01. The standard InChI is InChI=1S/C15H11NOS/c1-15-11-7-3-2-6-10(11)14(17)16(15)12-8-4-5-9-13(12)18-15/h2-9H,1H3. The zero-order valence-electron chi connectivity index (χ0n) is 9.88. The van der Waals surface area contributed by atoms with E-state index in [-0.39, 0.29) is 10.8 Å². The Morgan fingerprint density at radius 2 is 1.78 bits per heavy atom. The van der Waals surface area contributed by atoms with Crippen LogP contribution in [0.2, 0.25) is 0 Å². The van der Waals surface area contributed by atoms with E-state index in [1.165, 1.54) is 4.90 Å². The lowest BCUT2D eigenvalue weighted by Crippen LogP contribution is -2.35. The lowest BCUT2D eigenvalue weighted by molar-refractivity contribution is 0.0990. The molecule has 0 saturated carbocycles. The first-order valence-electron chi connectivity index (χ1n) is 5.94. The van der Waals surface area contributed by atoms with E-state index in [1.54, 1.807) is 11.8 Å². The molecular formula is C15H11NOS. The number of anilines is 1. The molecule has 0 fully saturated rings. The first kappa shape index (κ1) is 10.2. The number of amides is 1. The number of hydrogen-bond donors (Lipinski definition) is 0. The Morgan fingerprint density at radius 1 is 1.06 bits per heavy atom. The Hall–Kier alpha value is -1.74. The number of thioether (sulfide) groups is 1. The van der Waals surface area contributed by atoms with E-state index >= 15 is 0 Å². The fourth-order valence-corrected chi connectivity index (χ4v) is 4.29. The van der Waals surface area contributed by atoms with Gasteiger partial charge in [-0.3, -0.25) is 9.69 Å². The van der Waals surface area contributed by atoms with Crippen molar-refractivity contribution in [1.82, 2.24) is 0 Å². The van der Waals surface area contributed by atoms with Crippen molar-refractivity contribution >= 4 is 23.4 Å². The molecule has 0 aliphatic carbocycles. The Kier molecular flexibility index (Phi) is 1.80. The molecule has 2 aromatic carbocycles. The molecule has 2 aliphatic heterocycles. The predicted octanol–water partition coefficient (Wildman–Crippen LogP) is 3.63. The van der Waals surface area contributed by atoms with Crippen LogP contribution in [0.1, 0.15) is 22.8 Å². The molecule has 4 rings (SSSR count). The second-order valence-electron chi connectivity index (χ2n) is 4.74. The molecule has 0 aromatic heterocycles. The third-order valence-electron chi connectivity index (χ3n) is 3.70. The van der Waals surface area contributed by atoms with Crippen LogP contribution in [0.3, 0.4) is 0 Å². The normalized spacial score (nSPS) is 23.8. The summed E-state index contributed by atoms with van der Waals surface area (Å²) in [4.78, 5) is 15.4. The molecule has 0 N–H and O–H groups in total. The summed E-state index contributed by atoms with van der Waals surface area (Å²) in [6.45, 7) is 2.13. The summed E-state index contributed by atoms with van der Waals surface area (Å²) >= 11 is 1.76. The van der Waals surface area contributed by atoms with Crippen molar-refractivity contribution in [2.75, 3.05) is 4.90 Å². The van der Waals surface area contributed by atoms with Gasteiger partial charge in [0.15, 0.2) is 0 Å². The molecule has 0 radical (unpaired) electrons. The lowest BCUT2D eigenvalue weighted by atomic mass is 10.1. The summed E-state index contributed by atoms with van der Waals surface area (Å²) in [5.74, 6) is 0.116. The number of para-hydroxylation sites is 1. The smallest absolute Gasteiger partial charge is 0.260 e. The van der Waals surface area contributed by atoms with Crippen LogP contribution in [0.4, 0.5) is 5.69 Å². The molecule has 88 valence electrons. The second-order valence-corrected chi connectivity index (χ2v) is 6.18. The highest BCUT2D eigenvalue weighted by atomic mass is 32.2. The summed E-state index contributed by atoms with van der Waals surface area (Å²) in [6.07, 6.45) is 0. The maximum Gasteiger partial charge on any atom is 0.260 e. The summed E-state index contributed by atoms with van der Waals surface area (Å²) in [6, 6.07) is 16.0. The van der Waals surface area contributed by atoms with E-state index in [0.29, 0.717) is 0 Å². The maximum atomic E-state index is 12.6. The SMILES string of the molecule is CC12Sc3ccccc3N1C(=O)c1ccccc12. The van der Waals surface area contributed by atoms with E-state index in [1.807, 2.05) is 41.3 Å². The van der Waals surface area contributed by atoms with Gasteiger partial charge in [-0.15, -0.1) is 0 Å². The van der Waals surface area contributed by atoms with E-state index in [4.69, 9.17) is 0 Å². The number of carbonyl (C=O) groups is 1. The number of carbonyl (C=O) groups excluding carboxylic acids is 1. The summed E-state index contributed by atoms with van der Waals surface area (Å²) in [5, 5.41) is 0. The van der Waals surface area contributed by atoms with Gasteiger partial charge in [0.25, 0.3) is 5.91 Å². The first-order valence-corrected chi connectivity index (χ1v) is 6.75. The van der Waals surface area contributed by atoms with Crippen molar-refractivity contribution in [1.29, 1.82) is 0 Å². The molecule has 2 heterocycles. The minimum Gasteiger partial charge on any atom is -0.288 e. The van der Waals surface area contributed by atoms with E-state index in [2.05, 4.69) is 19.1 Å². The van der Waals surface area contributed by atoms with Gasteiger partial charge >= 0.3 is 0 Å². The number of benzene rings is 2. The Morgan fingerprint density at radius 3 is 2.67 bits per heavy atom. The van der Waals surface area contributed by atoms with E-state index in [9.17, 15) is 4.79 Å². The Bertz CT molecular complexity index is 682. The monoisotopic (exact) mass is 253 g/mol. The van der Waals surface area contributed by atoms with Crippen LogP contribution in [0.15, 0.2) is 53.4 Å². The van der Waals surface area contributed by atoms with Crippen molar-refractivity contribution in [3.8, 4) is 0 Å². The van der Waals surface area contributed by atoms with Gasteiger partial charge in [-0.2, -0.15) is 0 Å². The zero-order valence-corrected chi connectivity index (χ0v) is 10.7. The number of fused-ring (bicyclic) bond motifs is 5. The number of hydrogen-bond acceptors (Lipinski definition) is 2. The van der Waals surface area contributed by atoms with Gasteiger partial charge in [-0.05, 0) is 25.1 Å². The molecule has 2 nitrogen and oxygen atoms in total. The van der Waals surface area contributed by atoms with Crippen LogP contribution in [-0.2, 0) is 4.87 Å². The molecule has 1 amide bonds. The van der Waals surface area contributed by atoms with Crippen LogP contribution in [0.25, 0.3) is 0 Å². The highest BCUT2D eigenvalue weighted by Gasteiger charge is 2.52. The molecule has 0 saturated heterocycles. The lowest BCUT2D eigenvalue weighted by Gasteiger charge is -2.27. The molecule has 3 heteroatoms. The first-order chi connectivity index (χ1) is 8.72. The van der Waals surface area contributed by atoms with Crippen LogP contribution in [-0.4, -0.2) is 5.91 Å². The van der Waals surface area contributed by atoms with E-state index in [0.717, 1.165) is 16.8 Å². The van der Waals surface area contributed by atoms with Gasteiger partial charge in [0.05, 0.1) is 5.69 Å². The van der Waals surface area contributed by atoms with Gasteiger partial charge < -0.3 is 0 Å². The molecule has 0 bridgehead atoms. The molecule has 0 spiro atoms. The maximum absolute atomic E-state index is 12.6. The molecule has 2 aliphatic rings. The number of rotatable bonds is 0. The quantitative estimate of drug-likeness (QED) is 0.714. The zero-order chi connectivity index (χ0) is 12.3.